The van der Waals surface area contributed by atoms with Gasteiger partial charge in [-0.25, -0.2) is 9.59 Å². The van der Waals surface area contributed by atoms with Gasteiger partial charge in [-0.2, -0.15) is 8.42 Å². The van der Waals surface area contributed by atoms with Crippen molar-refractivity contribution >= 4 is 33.9 Å². The summed E-state index contributed by atoms with van der Waals surface area (Å²) >= 11 is 0. The number of hydroxylamine groups is 2. The Labute approximate surface area is 183 Å². The Balaban J connectivity index is 1.68. The highest BCUT2D eigenvalue weighted by atomic mass is 32.2. The van der Waals surface area contributed by atoms with Crippen LogP contribution >= 0.6 is 0 Å². The van der Waals surface area contributed by atoms with Crippen molar-refractivity contribution in [1.29, 1.82) is 0 Å². The summed E-state index contributed by atoms with van der Waals surface area (Å²) in [7, 11) is -4.63. The molecule has 11 heteroatoms. The maximum absolute atomic E-state index is 12.6. The van der Waals surface area contributed by atoms with Gasteiger partial charge in [0.05, 0.1) is 21.6 Å². The lowest BCUT2D eigenvalue weighted by Crippen LogP contribution is -2.32. The molecule has 0 unspecified atom stereocenters. The van der Waals surface area contributed by atoms with Gasteiger partial charge in [-0.05, 0) is 37.3 Å². The van der Waals surface area contributed by atoms with Gasteiger partial charge in [0.2, 0.25) is 0 Å². The molecule has 0 fully saturated rings. The molecule has 1 heterocycles. The van der Waals surface area contributed by atoms with Gasteiger partial charge in [-0.1, -0.05) is 24.8 Å². The highest BCUT2D eigenvalue weighted by Gasteiger charge is 2.40. The first kappa shape index (κ1) is 22.8. The molecule has 0 radical (unpaired) electrons. The Kier molecular flexibility index (Phi) is 6.51. The second kappa shape index (κ2) is 9.12. The molecule has 0 spiro atoms. The first-order chi connectivity index (χ1) is 15.1. The average molecular weight is 459 g/mol. The molecule has 10 nitrogen and oxygen atoms in total. The molecule has 0 atom stereocenters. The fourth-order valence-corrected chi connectivity index (χ4v) is 3.56. The van der Waals surface area contributed by atoms with Crippen LogP contribution in [0.1, 0.15) is 38.0 Å². The molecular weight excluding hydrogens is 442 g/mol. The third-order valence-corrected chi connectivity index (χ3v) is 5.36. The number of nitrogens with zero attached hydrogens (tertiary/aromatic N) is 1. The topological polar surface area (TPSA) is 133 Å². The van der Waals surface area contributed by atoms with Crippen LogP contribution in [0, 0.1) is 0 Å². The maximum atomic E-state index is 12.6. The lowest BCUT2D eigenvalue weighted by molar-refractivity contribution is -0.140. The number of carbonyl (C=O) groups is 4. The lowest BCUT2D eigenvalue weighted by Gasteiger charge is -2.13. The van der Waals surface area contributed by atoms with Crippen molar-refractivity contribution in [2.45, 2.75) is 11.8 Å². The van der Waals surface area contributed by atoms with E-state index in [-0.39, 0.29) is 40.5 Å². The van der Waals surface area contributed by atoms with Crippen LogP contribution in [-0.4, -0.2) is 50.4 Å². The van der Waals surface area contributed by atoms with Gasteiger partial charge in [-0.3, -0.25) is 9.59 Å². The largest absolute Gasteiger partial charge is 0.459 e. The van der Waals surface area contributed by atoms with Crippen molar-refractivity contribution in [3.8, 4) is 0 Å². The van der Waals surface area contributed by atoms with Gasteiger partial charge in [0, 0.05) is 5.57 Å². The second-order valence-electron chi connectivity index (χ2n) is 6.56. The van der Waals surface area contributed by atoms with Crippen molar-refractivity contribution in [2.24, 2.45) is 0 Å². The highest BCUT2D eigenvalue weighted by Crippen LogP contribution is 2.26. The Bertz CT molecular complexity index is 1200. The third-order valence-electron chi connectivity index (χ3n) is 4.19. The fourth-order valence-electron chi connectivity index (χ4n) is 2.63. The van der Waals surface area contributed by atoms with Crippen molar-refractivity contribution in [3.05, 3.63) is 77.4 Å². The van der Waals surface area contributed by atoms with Crippen molar-refractivity contribution in [1.82, 2.24) is 5.06 Å². The van der Waals surface area contributed by atoms with E-state index in [0.29, 0.717) is 0 Å². The summed E-state index contributed by atoms with van der Waals surface area (Å²) in [6.45, 7) is 4.40. The molecule has 0 aromatic heterocycles. The van der Waals surface area contributed by atoms with E-state index in [0.717, 1.165) is 12.1 Å². The molecule has 0 bridgehead atoms. The molecule has 0 N–H and O–H groups in total. The van der Waals surface area contributed by atoms with E-state index in [1.165, 1.54) is 43.3 Å². The van der Waals surface area contributed by atoms with E-state index in [2.05, 4.69) is 6.58 Å². The smallest absolute Gasteiger partial charge is 0.338 e. The van der Waals surface area contributed by atoms with Gasteiger partial charge in [0.25, 0.3) is 11.8 Å². The zero-order valence-electron chi connectivity index (χ0n) is 16.8. The predicted molar refractivity (Wildman–Crippen MR) is 108 cm³/mol. The number of hydrogen-bond acceptors (Lipinski definition) is 9. The molecule has 32 heavy (non-hydrogen) atoms. The van der Waals surface area contributed by atoms with Crippen LogP contribution in [0.25, 0.3) is 0 Å². The van der Waals surface area contributed by atoms with E-state index in [1.54, 1.807) is 0 Å². The van der Waals surface area contributed by atoms with E-state index < -0.39 is 38.8 Å². The minimum absolute atomic E-state index is 0.0115. The molecule has 1 aliphatic heterocycles. The molecular formula is C21H17NO9S. The fraction of sp³-hybridized carbons (Fsp3) is 0.143. The number of benzene rings is 2. The molecule has 2 aromatic rings. The number of ether oxygens (including phenoxy) is 2. The van der Waals surface area contributed by atoms with Crippen molar-refractivity contribution in [3.63, 3.8) is 0 Å². The number of fused-ring (bicyclic) bond motifs is 1. The quantitative estimate of drug-likeness (QED) is 0.251. The van der Waals surface area contributed by atoms with E-state index in [4.69, 9.17) is 13.8 Å². The normalized spacial score (nSPS) is 13.0. The van der Waals surface area contributed by atoms with E-state index in [9.17, 15) is 27.6 Å². The SMILES string of the molecule is C=C(C)C(=O)OCCOC(=O)c1cccc(S(=O)(=O)ON2C(=O)c3ccccc3C2=O)c1. The maximum Gasteiger partial charge on any atom is 0.338 e. The summed E-state index contributed by atoms with van der Waals surface area (Å²) in [5.41, 5.74) is 0.0744. The highest BCUT2D eigenvalue weighted by molar-refractivity contribution is 7.86. The first-order valence-electron chi connectivity index (χ1n) is 9.14. The van der Waals surface area contributed by atoms with Gasteiger partial charge < -0.3 is 9.47 Å². The van der Waals surface area contributed by atoms with Crippen LogP contribution in [0.15, 0.2) is 65.6 Å². The Morgan fingerprint density at radius 1 is 0.938 bits per heavy atom. The molecule has 0 saturated heterocycles. The Morgan fingerprint density at radius 3 is 2.12 bits per heavy atom. The summed E-state index contributed by atoms with van der Waals surface area (Å²) in [5, 5.41) is 0.154. The lowest BCUT2D eigenvalue weighted by atomic mass is 10.1. The average Bonchev–Trinajstić information content (AvgIpc) is 3.01. The zero-order chi connectivity index (χ0) is 23.5. The first-order valence-corrected chi connectivity index (χ1v) is 10.5. The number of esters is 2. The number of carbonyl (C=O) groups excluding carboxylic acids is 4. The summed E-state index contributed by atoms with van der Waals surface area (Å²) in [4.78, 5) is 47.6. The molecule has 2 aromatic carbocycles. The van der Waals surface area contributed by atoms with Crippen LogP contribution < -0.4 is 0 Å². The predicted octanol–water partition coefficient (Wildman–Crippen LogP) is 1.88. The molecule has 3 rings (SSSR count). The van der Waals surface area contributed by atoms with Gasteiger partial charge in [0.1, 0.15) is 13.2 Å². The Hall–Kier alpha value is -3.83. The minimum atomic E-state index is -4.63. The van der Waals surface area contributed by atoms with Crippen LogP contribution in [-0.2, 0) is 28.7 Å². The zero-order valence-corrected chi connectivity index (χ0v) is 17.6. The summed E-state index contributed by atoms with van der Waals surface area (Å²) < 4.78 is 39.7. The molecule has 1 aliphatic rings. The molecule has 0 saturated carbocycles. The minimum Gasteiger partial charge on any atom is -0.459 e. The summed E-state index contributed by atoms with van der Waals surface area (Å²) in [6.07, 6.45) is 0. The monoisotopic (exact) mass is 459 g/mol. The number of hydrogen-bond donors (Lipinski definition) is 0. The van der Waals surface area contributed by atoms with Crippen LogP contribution in [0.3, 0.4) is 0 Å². The Morgan fingerprint density at radius 2 is 1.53 bits per heavy atom. The van der Waals surface area contributed by atoms with Gasteiger partial charge in [-0.15, -0.1) is 9.35 Å². The molecule has 166 valence electrons. The summed E-state index contributed by atoms with van der Waals surface area (Å²) in [6, 6.07) is 10.4. The number of imide groups is 1. The van der Waals surface area contributed by atoms with Gasteiger partial charge in [0.15, 0.2) is 0 Å². The van der Waals surface area contributed by atoms with E-state index in [1.807, 2.05) is 0 Å². The number of rotatable bonds is 8. The number of amides is 2. The van der Waals surface area contributed by atoms with Crippen LogP contribution in [0.2, 0.25) is 0 Å². The van der Waals surface area contributed by atoms with E-state index >= 15 is 0 Å². The van der Waals surface area contributed by atoms with Crippen molar-refractivity contribution in [2.75, 3.05) is 13.2 Å². The molecule has 0 aliphatic carbocycles. The summed E-state index contributed by atoms with van der Waals surface area (Å²) in [5.74, 6) is -3.36. The van der Waals surface area contributed by atoms with Crippen LogP contribution in [0.4, 0.5) is 0 Å². The molecule has 2 amide bonds. The standard InChI is InChI=1S/C21H17NO9S/c1-13(2)20(25)29-10-11-30-21(26)14-6-5-7-15(12-14)32(27,28)31-22-18(23)16-8-3-4-9-17(16)19(22)24/h3-9,12H,1,10-11H2,2H3. The van der Waals surface area contributed by atoms with Crippen LogP contribution in [0.5, 0.6) is 0 Å². The van der Waals surface area contributed by atoms with Crippen molar-refractivity contribution < 1.29 is 41.4 Å². The second-order valence-corrected chi connectivity index (χ2v) is 8.09. The third kappa shape index (κ3) is 4.74. The van der Waals surface area contributed by atoms with Gasteiger partial charge >= 0.3 is 22.1 Å².